The fourth-order valence-electron chi connectivity index (χ4n) is 2.46. The van der Waals surface area contributed by atoms with Crippen LogP contribution in [-0.4, -0.2) is 66.6 Å². The highest BCUT2D eigenvalue weighted by Gasteiger charge is 2.43. The van der Waals surface area contributed by atoms with Crippen LogP contribution in [0.4, 0.5) is 0 Å². The van der Waals surface area contributed by atoms with E-state index in [9.17, 15) is 15.3 Å². The Labute approximate surface area is 124 Å². The van der Waals surface area contributed by atoms with E-state index in [1.54, 1.807) is 6.26 Å². The summed E-state index contributed by atoms with van der Waals surface area (Å²) in [5.41, 5.74) is 1.11. The molecule has 2 aromatic heterocycles. The Hall–Kier alpha value is -1.46. The van der Waals surface area contributed by atoms with Crippen molar-refractivity contribution in [2.75, 3.05) is 12.9 Å². The number of aromatic nitrogens is 4. The number of fused-ring (bicyclic) bond motifs is 1. The third-order valence-corrected chi connectivity index (χ3v) is 3.89. The van der Waals surface area contributed by atoms with Crippen molar-refractivity contribution in [3.05, 3.63) is 12.0 Å². The van der Waals surface area contributed by atoms with Gasteiger partial charge in [-0.1, -0.05) is 0 Å². The summed E-state index contributed by atoms with van der Waals surface area (Å²) in [6, 6.07) is -0.999. The van der Waals surface area contributed by atoms with Crippen LogP contribution in [0.2, 0.25) is 0 Å². The molecule has 1 fully saturated rings. The van der Waals surface area contributed by atoms with E-state index in [1.807, 2.05) is 0 Å². The Bertz CT molecular complexity index is 638. The summed E-state index contributed by atoms with van der Waals surface area (Å²) in [5.74, 6) is -0.238. The van der Waals surface area contributed by atoms with Crippen molar-refractivity contribution in [3.63, 3.8) is 0 Å². The molecule has 0 radical (unpaired) electrons. The molecule has 9 nitrogen and oxygen atoms in total. The third-order valence-electron chi connectivity index (χ3n) is 3.52. The number of aliphatic hydroxyl groups is 2. The van der Waals surface area contributed by atoms with Crippen molar-refractivity contribution in [3.8, 4) is 5.88 Å². The third kappa shape index (κ3) is 2.45. The van der Waals surface area contributed by atoms with Crippen molar-refractivity contribution in [1.29, 1.82) is 0 Å². The second kappa shape index (κ2) is 5.73. The molecule has 1 saturated heterocycles. The highest BCUT2D eigenvalue weighted by atomic mass is 32.2. The second-order valence-corrected chi connectivity index (χ2v) is 5.28. The van der Waals surface area contributed by atoms with Crippen LogP contribution in [0.3, 0.4) is 0 Å². The van der Waals surface area contributed by atoms with Crippen molar-refractivity contribution in [1.82, 2.24) is 25.5 Å². The molecule has 2 aromatic rings. The predicted octanol–water partition coefficient (Wildman–Crippen LogP) is -0.912. The van der Waals surface area contributed by atoms with Crippen LogP contribution in [0.5, 0.6) is 5.88 Å². The minimum Gasteiger partial charge on any atom is -0.492 e. The monoisotopic (exact) mass is 313 g/mol. The second-order valence-electron chi connectivity index (χ2n) is 4.71. The molecule has 0 aliphatic carbocycles. The number of nitrogens with one attached hydrogen (secondary N) is 2. The maximum atomic E-state index is 10.2. The summed E-state index contributed by atoms with van der Waals surface area (Å²) in [7, 11) is 0. The van der Waals surface area contributed by atoms with Gasteiger partial charge in [0.15, 0.2) is 5.52 Å². The first kappa shape index (κ1) is 14.5. The number of H-pyrrole nitrogens is 1. The van der Waals surface area contributed by atoms with Crippen LogP contribution in [0.15, 0.2) is 6.33 Å². The van der Waals surface area contributed by atoms with Gasteiger partial charge in [0, 0.05) is 6.26 Å². The molecule has 10 heteroatoms. The molecule has 1 aliphatic rings. The number of aromatic hydroxyl groups is 1. The van der Waals surface area contributed by atoms with Gasteiger partial charge in [-0.3, -0.25) is 10.4 Å². The molecule has 21 heavy (non-hydrogen) atoms. The normalized spacial score (nSPS) is 29.3. The van der Waals surface area contributed by atoms with Gasteiger partial charge in [0.1, 0.15) is 17.9 Å². The van der Waals surface area contributed by atoms with Gasteiger partial charge in [0.05, 0.1) is 30.5 Å². The first-order chi connectivity index (χ1) is 10.1. The molecule has 114 valence electrons. The van der Waals surface area contributed by atoms with Crippen LogP contribution < -0.4 is 5.32 Å². The molecular formula is C11H15N5O4S. The molecule has 0 saturated carbocycles. The lowest BCUT2D eigenvalue weighted by atomic mass is 10.1. The maximum Gasteiger partial charge on any atom is 0.243 e. The maximum absolute atomic E-state index is 10.2. The number of aliphatic hydroxyl groups excluding tert-OH is 2. The first-order valence-corrected chi connectivity index (χ1v) is 7.44. The van der Waals surface area contributed by atoms with E-state index in [4.69, 9.17) is 4.18 Å². The molecule has 5 N–H and O–H groups in total. The van der Waals surface area contributed by atoms with Crippen molar-refractivity contribution < 1.29 is 19.5 Å². The summed E-state index contributed by atoms with van der Waals surface area (Å²) in [6.45, 7) is 0.252. The Balaban J connectivity index is 1.90. The minimum atomic E-state index is -1.04. The van der Waals surface area contributed by atoms with Gasteiger partial charge in [-0.2, -0.15) is 10.1 Å². The summed E-state index contributed by atoms with van der Waals surface area (Å²) in [6.07, 6.45) is 0.970. The highest BCUT2D eigenvalue weighted by molar-refractivity contribution is 7.93. The molecular weight excluding hydrogens is 298 g/mol. The lowest BCUT2D eigenvalue weighted by Crippen LogP contribution is -2.36. The molecule has 0 amide bonds. The van der Waals surface area contributed by atoms with Gasteiger partial charge in [0.25, 0.3) is 0 Å². The molecule has 0 bridgehead atoms. The van der Waals surface area contributed by atoms with Crippen LogP contribution in [-0.2, 0) is 4.18 Å². The van der Waals surface area contributed by atoms with Crippen molar-refractivity contribution in [2.24, 2.45) is 0 Å². The summed E-state index contributed by atoms with van der Waals surface area (Å²) >= 11 is 1.19. The molecule has 4 atom stereocenters. The van der Waals surface area contributed by atoms with Crippen molar-refractivity contribution >= 4 is 23.1 Å². The van der Waals surface area contributed by atoms with Crippen LogP contribution in [0.25, 0.3) is 11.0 Å². The van der Waals surface area contributed by atoms with E-state index in [-0.39, 0.29) is 18.0 Å². The Morgan fingerprint density at radius 2 is 2.10 bits per heavy atom. The van der Waals surface area contributed by atoms with Gasteiger partial charge in [0.2, 0.25) is 5.88 Å². The van der Waals surface area contributed by atoms with Crippen LogP contribution in [0.1, 0.15) is 11.7 Å². The Morgan fingerprint density at radius 1 is 1.29 bits per heavy atom. The number of hydrogen-bond acceptors (Lipinski definition) is 9. The standard InChI is InChI=1S/C11H15N5O4S/c1-21-20-2-4-9(17)10(18)7(14-4)6-5-8(16-15-6)11(19)13-3-12-5/h3-4,7,9-10,14,17-18H,2H2,1H3,(H,15,16)(H,12,13,19)/t4-,7+,9-,10+/m1/s1. The fraction of sp³-hybridized carbons (Fsp3) is 0.545. The molecule has 0 aromatic carbocycles. The Morgan fingerprint density at radius 3 is 2.86 bits per heavy atom. The first-order valence-electron chi connectivity index (χ1n) is 6.29. The zero-order valence-electron chi connectivity index (χ0n) is 11.1. The predicted molar refractivity (Wildman–Crippen MR) is 74.5 cm³/mol. The number of aromatic amines is 1. The average Bonchev–Trinajstić information content (AvgIpc) is 3.02. The van der Waals surface area contributed by atoms with E-state index >= 15 is 0 Å². The quantitative estimate of drug-likeness (QED) is 0.454. The van der Waals surface area contributed by atoms with E-state index in [2.05, 4.69) is 25.5 Å². The topological polar surface area (TPSA) is 136 Å². The fourth-order valence-corrected chi connectivity index (χ4v) is 2.74. The number of nitrogens with zero attached hydrogens (tertiary/aromatic N) is 3. The van der Waals surface area contributed by atoms with Crippen LogP contribution in [0, 0.1) is 0 Å². The largest absolute Gasteiger partial charge is 0.492 e. The molecule has 1 aliphatic heterocycles. The molecule has 0 unspecified atom stereocenters. The smallest absolute Gasteiger partial charge is 0.243 e. The van der Waals surface area contributed by atoms with E-state index in [0.29, 0.717) is 11.2 Å². The van der Waals surface area contributed by atoms with Crippen molar-refractivity contribution in [2.45, 2.75) is 24.3 Å². The zero-order valence-corrected chi connectivity index (χ0v) is 11.9. The van der Waals surface area contributed by atoms with Gasteiger partial charge in [-0.25, -0.2) is 4.98 Å². The van der Waals surface area contributed by atoms with E-state index < -0.39 is 24.3 Å². The van der Waals surface area contributed by atoms with Gasteiger partial charge >= 0.3 is 0 Å². The number of rotatable bonds is 4. The SMILES string of the molecule is CSOC[C@H]1N[C@@H](c2[nH]nc3c(O)ncnc23)[C@H](O)[C@@H]1O. The van der Waals surface area contributed by atoms with Gasteiger partial charge in [-0.05, 0) is 12.0 Å². The summed E-state index contributed by atoms with van der Waals surface area (Å²) in [5, 5.41) is 39.6. The lowest BCUT2D eigenvalue weighted by Gasteiger charge is -2.14. The highest BCUT2D eigenvalue weighted by Crippen LogP contribution is 2.31. The van der Waals surface area contributed by atoms with Gasteiger partial charge in [-0.15, -0.1) is 0 Å². The Kier molecular flexibility index (Phi) is 3.95. The summed E-state index contributed by atoms with van der Waals surface area (Å²) in [4.78, 5) is 7.70. The number of hydrogen-bond donors (Lipinski definition) is 5. The lowest BCUT2D eigenvalue weighted by molar-refractivity contribution is 0.0221. The van der Waals surface area contributed by atoms with E-state index in [0.717, 1.165) is 0 Å². The minimum absolute atomic E-state index is 0.222. The average molecular weight is 313 g/mol. The molecule has 0 spiro atoms. The van der Waals surface area contributed by atoms with Gasteiger partial charge < -0.3 is 19.5 Å². The molecule has 3 heterocycles. The summed E-state index contributed by atoms with van der Waals surface area (Å²) < 4.78 is 5.20. The zero-order chi connectivity index (χ0) is 15.0. The van der Waals surface area contributed by atoms with Crippen LogP contribution >= 0.6 is 12.0 Å². The van der Waals surface area contributed by atoms with E-state index in [1.165, 1.54) is 18.4 Å². The molecule has 3 rings (SSSR count).